The molecule has 0 spiro atoms. The van der Waals surface area contributed by atoms with Gasteiger partial charge in [-0.25, -0.2) is 4.98 Å². The number of aryl methyl sites for hydroxylation is 1. The second-order valence-electron chi connectivity index (χ2n) is 4.88. The normalized spacial score (nSPS) is 22.5. The Morgan fingerprint density at radius 2 is 2.50 bits per heavy atom. The first-order valence-corrected chi connectivity index (χ1v) is 6.14. The van der Waals surface area contributed by atoms with Crippen molar-refractivity contribution < 1.29 is 0 Å². The first kappa shape index (κ1) is 11.6. The third-order valence-corrected chi connectivity index (χ3v) is 3.38. The van der Waals surface area contributed by atoms with E-state index in [1.54, 1.807) is 6.33 Å². The predicted octanol–water partition coefficient (Wildman–Crippen LogP) is 1.15. The van der Waals surface area contributed by atoms with E-state index in [4.69, 9.17) is 0 Å². The third-order valence-electron chi connectivity index (χ3n) is 3.38. The summed E-state index contributed by atoms with van der Waals surface area (Å²) < 4.78 is 0. The molecule has 1 aliphatic rings. The lowest BCUT2D eigenvalue weighted by atomic mass is 9.98. The van der Waals surface area contributed by atoms with E-state index in [2.05, 4.69) is 34.2 Å². The van der Waals surface area contributed by atoms with Gasteiger partial charge < -0.3 is 15.2 Å². The Bertz CT molecular complexity index is 321. The zero-order chi connectivity index (χ0) is 11.4. The summed E-state index contributed by atoms with van der Waals surface area (Å²) in [4.78, 5) is 9.82. The van der Waals surface area contributed by atoms with Gasteiger partial charge in [0.15, 0.2) is 0 Å². The molecule has 1 aromatic heterocycles. The van der Waals surface area contributed by atoms with Gasteiger partial charge >= 0.3 is 0 Å². The van der Waals surface area contributed by atoms with Gasteiger partial charge in [-0.1, -0.05) is 0 Å². The van der Waals surface area contributed by atoms with Crippen molar-refractivity contribution in [3.8, 4) is 0 Å². The number of aromatic amines is 1. The highest BCUT2D eigenvalue weighted by atomic mass is 15.1. The van der Waals surface area contributed by atoms with Crippen molar-refractivity contribution in [3.63, 3.8) is 0 Å². The van der Waals surface area contributed by atoms with E-state index in [0.717, 1.165) is 24.7 Å². The van der Waals surface area contributed by atoms with Gasteiger partial charge in [-0.15, -0.1) is 0 Å². The molecular weight excluding hydrogens is 200 g/mol. The van der Waals surface area contributed by atoms with Crippen molar-refractivity contribution in [2.75, 3.05) is 26.7 Å². The minimum absolute atomic E-state index is 0.804. The Balaban J connectivity index is 1.70. The molecule has 0 radical (unpaired) electrons. The van der Waals surface area contributed by atoms with E-state index >= 15 is 0 Å². The van der Waals surface area contributed by atoms with Crippen LogP contribution >= 0.6 is 0 Å². The van der Waals surface area contributed by atoms with Crippen LogP contribution in [0.2, 0.25) is 0 Å². The molecule has 2 N–H and O–H groups in total. The molecule has 0 aromatic carbocycles. The summed E-state index contributed by atoms with van der Waals surface area (Å²) in [6.45, 7) is 6.55. The van der Waals surface area contributed by atoms with Crippen LogP contribution in [0, 0.1) is 12.8 Å². The second kappa shape index (κ2) is 5.46. The standard InChI is InChI=1S/C12H22N4/c1-10-12(15-9-14-10)7-13-6-11-4-3-5-16(2)8-11/h9,11,13H,3-8H2,1-2H3,(H,14,15). The van der Waals surface area contributed by atoms with E-state index in [1.807, 2.05) is 0 Å². The molecule has 4 nitrogen and oxygen atoms in total. The molecule has 1 aliphatic heterocycles. The molecule has 2 rings (SSSR count). The van der Waals surface area contributed by atoms with Crippen LogP contribution < -0.4 is 5.32 Å². The Morgan fingerprint density at radius 3 is 3.19 bits per heavy atom. The Labute approximate surface area is 97.4 Å². The zero-order valence-electron chi connectivity index (χ0n) is 10.3. The number of nitrogens with one attached hydrogen (secondary N) is 2. The first-order chi connectivity index (χ1) is 7.75. The number of likely N-dealkylation sites (tertiary alicyclic amines) is 1. The SMILES string of the molecule is Cc1[nH]cnc1CNCC1CCCN(C)C1. The number of H-pyrrole nitrogens is 1. The summed E-state index contributed by atoms with van der Waals surface area (Å²) in [5, 5.41) is 3.51. The van der Waals surface area contributed by atoms with Crippen LogP contribution in [0.15, 0.2) is 6.33 Å². The summed E-state index contributed by atoms with van der Waals surface area (Å²) in [6, 6.07) is 0. The number of hydrogen-bond donors (Lipinski definition) is 2. The molecular formula is C12H22N4. The van der Waals surface area contributed by atoms with Gasteiger partial charge in [0.1, 0.15) is 0 Å². The van der Waals surface area contributed by atoms with Crippen LogP contribution in [-0.2, 0) is 6.54 Å². The van der Waals surface area contributed by atoms with Gasteiger partial charge in [-0.2, -0.15) is 0 Å². The molecule has 4 heteroatoms. The van der Waals surface area contributed by atoms with Crippen LogP contribution in [0.4, 0.5) is 0 Å². The Morgan fingerprint density at radius 1 is 1.62 bits per heavy atom. The topological polar surface area (TPSA) is 44.0 Å². The van der Waals surface area contributed by atoms with Gasteiger partial charge in [-0.05, 0) is 45.8 Å². The summed E-state index contributed by atoms with van der Waals surface area (Å²) in [7, 11) is 2.21. The average molecular weight is 222 g/mol. The molecule has 0 amide bonds. The molecule has 1 aromatic rings. The molecule has 90 valence electrons. The smallest absolute Gasteiger partial charge is 0.0925 e. The van der Waals surface area contributed by atoms with Gasteiger partial charge in [0.2, 0.25) is 0 Å². The Hall–Kier alpha value is -0.870. The van der Waals surface area contributed by atoms with Crippen molar-refractivity contribution in [2.45, 2.75) is 26.3 Å². The number of imidazole rings is 1. The van der Waals surface area contributed by atoms with E-state index < -0.39 is 0 Å². The lowest BCUT2D eigenvalue weighted by Crippen LogP contribution is -2.37. The largest absolute Gasteiger partial charge is 0.348 e. The molecule has 0 aliphatic carbocycles. The minimum Gasteiger partial charge on any atom is -0.348 e. The highest BCUT2D eigenvalue weighted by Crippen LogP contribution is 2.14. The van der Waals surface area contributed by atoms with E-state index in [0.29, 0.717) is 0 Å². The van der Waals surface area contributed by atoms with Crippen LogP contribution in [0.3, 0.4) is 0 Å². The molecule has 1 atom stereocenters. The fourth-order valence-corrected chi connectivity index (χ4v) is 2.40. The zero-order valence-corrected chi connectivity index (χ0v) is 10.3. The highest BCUT2D eigenvalue weighted by molar-refractivity contribution is 5.07. The predicted molar refractivity (Wildman–Crippen MR) is 65.3 cm³/mol. The summed E-state index contributed by atoms with van der Waals surface area (Å²) in [6.07, 6.45) is 4.46. The van der Waals surface area contributed by atoms with Gasteiger partial charge in [0.05, 0.1) is 12.0 Å². The fraction of sp³-hybridized carbons (Fsp3) is 0.750. The van der Waals surface area contributed by atoms with Crippen LogP contribution in [-0.4, -0.2) is 41.5 Å². The fourth-order valence-electron chi connectivity index (χ4n) is 2.40. The molecule has 0 saturated carbocycles. The molecule has 2 heterocycles. The van der Waals surface area contributed by atoms with E-state index in [-0.39, 0.29) is 0 Å². The lowest BCUT2D eigenvalue weighted by Gasteiger charge is -2.29. The number of hydrogen-bond acceptors (Lipinski definition) is 3. The number of nitrogens with zero attached hydrogens (tertiary/aromatic N) is 2. The third kappa shape index (κ3) is 3.06. The molecule has 1 fully saturated rings. The van der Waals surface area contributed by atoms with Crippen molar-refractivity contribution in [2.24, 2.45) is 5.92 Å². The van der Waals surface area contributed by atoms with Crippen LogP contribution in [0.1, 0.15) is 24.2 Å². The maximum absolute atomic E-state index is 4.28. The van der Waals surface area contributed by atoms with Crippen molar-refractivity contribution in [1.29, 1.82) is 0 Å². The maximum atomic E-state index is 4.28. The lowest BCUT2D eigenvalue weighted by molar-refractivity contribution is 0.206. The van der Waals surface area contributed by atoms with Crippen LogP contribution in [0.25, 0.3) is 0 Å². The van der Waals surface area contributed by atoms with Crippen LogP contribution in [0.5, 0.6) is 0 Å². The number of aromatic nitrogens is 2. The highest BCUT2D eigenvalue weighted by Gasteiger charge is 2.16. The monoisotopic (exact) mass is 222 g/mol. The second-order valence-corrected chi connectivity index (χ2v) is 4.88. The first-order valence-electron chi connectivity index (χ1n) is 6.14. The quantitative estimate of drug-likeness (QED) is 0.803. The molecule has 0 bridgehead atoms. The summed E-state index contributed by atoms with van der Waals surface area (Å²) >= 11 is 0. The average Bonchev–Trinajstić information content (AvgIpc) is 2.65. The Kier molecular flexibility index (Phi) is 3.96. The van der Waals surface area contributed by atoms with E-state index in [9.17, 15) is 0 Å². The minimum atomic E-state index is 0.804. The molecule has 16 heavy (non-hydrogen) atoms. The number of piperidine rings is 1. The van der Waals surface area contributed by atoms with Gasteiger partial charge in [0.25, 0.3) is 0 Å². The summed E-state index contributed by atoms with van der Waals surface area (Å²) in [5.41, 5.74) is 2.32. The van der Waals surface area contributed by atoms with Crippen molar-refractivity contribution >= 4 is 0 Å². The maximum Gasteiger partial charge on any atom is 0.0925 e. The van der Waals surface area contributed by atoms with Gasteiger partial charge in [-0.3, -0.25) is 0 Å². The van der Waals surface area contributed by atoms with Gasteiger partial charge in [0, 0.05) is 18.8 Å². The number of rotatable bonds is 4. The van der Waals surface area contributed by atoms with Crippen molar-refractivity contribution in [3.05, 3.63) is 17.7 Å². The summed E-state index contributed by atoms with van der Waals surface area (Å²) in [5.74, 6) is 0.804. The molecule has 1 unspecified atom stereocenters. The van der Waals surface area contributed by atoms with E-state index in [1.165, 1.54) is 31.6 Å². The van der Waals surface area contributed by atoms with Crippen molar-refractivity contribution in [1.82, 2.24) is 20.2 Å². The molecule has 1 saturated heterocycles.